The van der Waals surface area contributed by atoms with Gasteiger partial charge in [0.15, 0.2) is 11.5 Å². The lowest BCUT2D eigenvalue weighted by Crippen LogP contribution is -2.31. The van der Waals surface area contributed by atoms with Crippen LogP contribution in [-0.4, -0.2) is 19.1 Å². The van der Waals surface area contributed by atoms with E-state index in [2.05, 4.69) is 5.32 Å². The van der Waals surface area contributed by atoms with Gasteiger partial charge in [-0.1, -0.05) is 19.1 Å². The Balaban J connectivity index is 1.96. The molecule has 22 heavy (non-hydrogen) atoms. The van der Waals surface area contributed by atoms with Gasteiger partial charge in [0.2, 0.25) is 0 Å². The van der Waals surface area contributed by atoms with Crippen molar-refractivity contribution in [1.29, 1.82) is 0 Å². The molecule has 0 radical (unpaired) electrons. The molecule has 2 aromatic rings. The van der Waals surface area contributed by atoms with Crippen molar-refractivity contribution in [3.63, 3.8) is 0 Å². The van der Waals surface area contributed by atoms with Crippen LogP contribution in [0.1, 0.15) is 35.5 Å². The lowest BCUT2D eigenvalue weighted by molar-refractivity contribution is 0.0943. The number of carbonyl (C=O) groups excluding carboxylic acids is 1. The number of amides is 1. The normalized spacial score (nSPS) is 11.8. The molecule has 1 atom stereocenters. The highest BCUT2D eigenvalue weighted by atomic mass is 32.1. The van der Waals surface area contributed by atoms with E-state index < -0.39 is 0 Å². The van der Waals surface area contributed by atoms with E-state index in [9.17, 15) is 4.79 Å². The molecule has 118 valence electrons. The molecule has 1 aromatic carbocycles. The zero-order chi connectivity index (χ0) is 15.9. The first kappa shape index (κ1) is 16.4. The van der Waals surface area contributed by atoms with Crippen molar-refractivity contribution in [3.05, 3.63) is 46.2 Å². The van der Waals surface area contributed by atoms with Gasteiger partial charge in [0, 0.05) is 11.6 Å². The Bertz CT molecular complexity index is 624. The second-order valence-corrected chi connectivity index (χ2v) is 5.95. The maximum absolute atomic E-state index is 12.0. The highest BCUT2D eigenvalue weighted by Crippen LogP contribution is 2.27. The van der Waals surface area contributed by atoms with E-state index in [4.69, 9.17) is 9.47 Å². The molecule has 5 heteroatoms. The van der Waals surface area contributed by atoms with Gasteiger partial charge in [-0.05, 0) is 36.9 Å². The van der Waals surface area contributed by atoms with E-state index in [1.54, 1.807) is 7.11 Å². The number of carbonyl (C=O) groups is 1. The van der Waals surface area contributed by atoms with E-state index >= 15 is 0 Å². The molecule has 1 amide bonds. The summed E-state index contributed by atoms with van der Waals surface area (Å²) in [7, 11) is 1.62. The Morgan fingerprint density at radius 2 is 2.05 bits per heavy atom. The predicted octanol–water partition coefficient (Wildman–Crippen LogP) is 3.86. The number of rotatable bonds is 7. The zero-order valence-electron chi connectivity index (χ0n) is 13.1. The summed E-state index contributed by atoms with van der Waals surface area (Å²) in [6.45, 7) is 4.45. The Labute approximate surface area is 135 Å². The van der Waals surface area contributed by atoms with Crippen molar-refractivity contribution in [3.8, 4) is 11.5 Å². The standard InChI is InChI=1S/C17H21NO3S/c1-4-12(2)18-17(19)16-9-13(11-22-16)10-21-15-8-6-5-7-14(15)20-3/h5-9,11-12H,4,10H2,1-3H3,(H,18,19). The largest absolute Gasteiger partial charge is 0.493 e. The first-order valence-electron chi connectivity index (χ1n) is 7.28. The summed E-state index contributed by atoms with van der Waals surface area (Å²) >= 11 is 1.43. The zero-order valence-corrected chi connectivity index (χ0v) is 13.9. The summed E-state index contributed by atoms with van der Waals surface area (Å²) in [6.07, 6.45) is 0.918. The van der Waals surface area contributed by atoms with E-state index in [1.807, 2.05) is 49.6 Å². The van der Waals surface area contributed by atoms with Crippen molar-refractivity contribution in [2.24, 2.45) is 0 Å². The third kappa shape index (κ3) is 4.24. The molecule has 0 saturated carbocycles. The monoisotopic (exact) mass is 319 g/mol. The number of hydrogen-bond acceptors (Lipinski definition) is 4. The van der Waals surface area contributed by atoms with Gasteiger partial charge < -0.3 is 14.8 Å². The van der Waals surface area contributed by atoms with Crippen LogP contribution in [0.2, 0.25) is 0 Å². The summed E-state index contributed by atoms with van der Waals surface area (Å²) in [5, 5.41) is 4.91. The Morgan fingerprint density at radius 3 is 2.73 bits per heavy atom. The van der Waals surface area contributed by atoms with Crippen LogP contribution in [0.25, 0.3) is 0 Å². The van der Waals surface area contributed by atoms with E-state index in [0.717, 1.165) is 12.0 Å². The van der Waals surface area contributed by atoms with Crippen LogP contribution in [0, 0.1) is 0 Å². The minimum absolute atomic E-state index is 0.0251. The van der Waals surface area contributed by atoms with Gasteiger partial charge in [0.05, 0.1) is 12.0 Å². The molecule has 1 aromatic heterocycles. The fourth-order valence-corrected chi connectivity index (χ4v) is 2.67. The maximum Gasteiger partial charge on any atom is 0.261 e. The molecule has 0 fully saturated rings. The van der Waals surface area contributed by atoms with Crippen LogP contribution in [0.3, 0.4) is 0 Å². The van der Waals surface area contributed by atoms with Crippen molar-refractivity contribution in [2.75, 3.05) is 7.11 Å². The van der Waals surface area contributed by atoms with Crippen molar-refractivity contribution >= 4 is 17.2 Å². The van der Waals surface area contributed by atoms with Crippen molar-refractivity contribution in [1.82, 2.24) is 5.32 Å². The summed E-state index contributed by atoms with van der Waals surface area (Å²) in [4.78, 5) is 12.7. The third-order valence-electron chi connectivity index (χ3n) is 3.33. The molecule has 4 nitrogen and oxygen atoms in total. The molecular formula is C17H21NO3S. The SMILES string of the molecule is CCC(C)NC(=O)c1cc(COc2ccccc2OC)cs1. The number of ether oxygens (including phenoxy) is 2. The second-order valence-electron chi connectivity index (χ2n) is 5.04. The lowest BCUT2D eigenvalue weighted by atomic mass is 10.2. The van der Waals surface area contributed by atoms with Crippen LogP contribution in [0.4, 0.5) is 0 Å². The molecule has 2 rings (SSSR count). The van der Waals surface area contributed by atoms with Crippen LogP contribution >= 0.6 is 11.3 Å². The fourth-order valence-electron chi connectivity index (χ4n) is 1.87. The molecule has 0 bridgehead atoms. The van der Waals surface area contributed by atoms with Gasteiger partial charge in [-0.2, -0.15) is 0 Å². The molecule has 0 aliphatic heterocycles. The first-order chi connectivity index (χ1) is 10.6. The van der Waals surface area contributed by atoms with Gasteiger partial charge in [-0.15, -0.1) is 11.3 Å². The molecule has 0 spiro atoms. The van der Waals surface area contributed by atoms with Crippen LogP contribution in [-0.2, 0) is 6.61 Å². The van der Waals surface area contributed by atoms with Gasteiger partial charge in [0.25, 0.3) is 5.91 Å². The Morgan fingerprint density at radius 1 is 1.32 bits per heavy atom. The molecule has 1 N–H and O–H groups in total. The fraction of sp³-hybridized carbons (Fsp3) is 0.353. The average Bonchev–Trinajstić information content (AvgIpc) is 3.02. The third-order valence-corrected chi connectivity index (χ3v) is 4.31. The Kier molecular flexibility index (Phi) is 5.83. The van der Waals surface area contributed by atoms with Gasteiger partial charge in [-0.3, -0.25) is 4.79 Å². The number of hydrogen-bond donors (Lipinski definition) is 1. The van der Waals surface area contributed by atoms with Gasteiger partial charge >= 0.3 is 0 Å². The minimum Gasteiger partial charge on any atom is -0.493 e. The highest BCUT2D eigenvalue weighted by Gasteiger charge is 2.12. The topological polar surface area (TPSA) is 47.6 Å². The van der Waals surface area contributed by atoms with Gasteiger partial charge in [0.1, 0.15) is 6.61 Å². The minimum atomic E-state index is -0.0251. The summed E-state index contributed by atoms with van der Waals surface area (Å²) in [5.41, 5.74) is 0.977. The summed E-state index contributed by atoms with van der Waals surface area (Å²) in [5.74, 6) is 1.37. The molecule has 1 unspecified atom stereocenters. The average molecular weight is 319 g/mol. The molecule has 1 heterocycles. The quantitative estimate of drug-likeness (QED) is 0.843. The number of methoxy groups -OCH3 is 1. The number of thiophene rings is 1. The molecule has 0 saturated heterocycles. The smallest absolute Gasteiger partial charge is 0.261 e. The highest BCUT2D eigenvalue weighted by molar-refractivity contribution is 7.12. The Hall–Kier alpha value is -2.01. The van der Waals surface area contributed by atoms with Crippen LogP contribution < -0.4 is 14.8 Å². The maximum atomic E-state index is 12.0. The number of nitrogens with one attached hydrogen (secondary N) is 1. The summed E-state index contributed by atoms with van der Waals surface area (Å²) < 4.78 is 11.0. The van der Waals surface area contributed by atoms with E-state index in [1.165, 1.54) is 11.3 Å². The molecule has 0 aliphatic carbocycles. The first-order valence-corrected chi connectivity index (χ1v) is 8.16. The van der Waals surface area contributed by atoms with Crippen molar-refractivity contribution < 1.29 is 14.3 Å². The summed E-state index contributed by atoms with van der Waals surface area (Å²) in [6, 6.07) is 9.57. The van der Waals surface area contributed by atoms with Crippen LogP contribution in [0.15, 0.2) is 35.7 Å². The van der Waals surface area contributed by atoms with E-state index in [-0.39, 0.29) is 11.9 Å². The molecular weight excluding hydrogens is 298 g/mol. The lowest BCUT2D eigenvalue weighted by Gasteiger charge is -2.10. The van der Waals surface area contributed by atoms with Crippen LogP contribution in [0.5, 0.6) is 11.5 Å². The number of para-hydroxylation sites is 2. The molecule has 0 aliphatic rings. The number of benzene rings is 1. The predicted molar refractivity (Wildman–Crippen MR) is 88.9 cm³/mol. The second kappa shape index (κ2) is 7.84. The van der Waals surface area contributed by atoms with Crippen molar-refractivity contribution in [2.45, 2.75) is 32.9 Å². The van der Waals surface area contributed by atoms with Gasteiger partial charge in [-0.25, -0.2) is 0 Å². The van der Waals surface area contributed by atoms with E-state index in [0.29, 0.717) is 23.0 Å².